The number of nitrogen functional groups attached to an aromatic ring is 1. The van der Waals surface area contributed by atoms with Crippen LogP contribution in [-0.2, 0) is 4.79 Å². The van der Waals surface area contributed by atoms with Crippen LogP contribution in [0.5, 0.6) is 0 Å². The van der Waals surface area contributed by atoms with E-state index in [1.54, 1.807) is 6.07 Å². The predicted octanol–water partition coefficient (Wildman–Crippen LogP) is 2.00. The lowest BCUT2D eigenvalue weighted by atomic mass is 10.1. The Bertz CT molecular complexity index is 459. The molecule has 1 aromatic carbocycles. The van der Waals surface area contributed by atoms with Gasteiger partial charge in [-0.25, -0.2) is 0 Å². The van der Waals surface area contributed by atoms with Crippen molar-refractivity contribution in [3.05, 3.63) is 23.8 Å². The molecule has 1 amide bonds. The van der Waals surface area contributed by atoms with Crippen molar-refractivity contribution in [1.82, 2.24) is 4.90 Å². The maximum absolute atomic E-state index is 12.2. The normalized spacial score (nSPS) is 11.1. The molecule has 21 heavy (non-hydrogen) atoms. The third kappa shape index (κ3) is 5.36. The van der Waals surface area contributed by atoms with E-state index >= 15 is 0 Å². The van der Waals surface area contributed by atoms with Gasteiger partial charge in [-0.2, -0.15) is 0 Å². The van der Waals surface area contributed by atoms with Crippen molar-refractivity contribution in [2.45, 2.75) is 39.7 Å². The van der Waals surface area contributed by atoms with Crippen LogP contribution in [0.1, 0.15) is 32.3 Å². The quantitative estimate of drug-likeness (QED) is 0.641. The topological polar surface area (TPSA) is 78.6 Å². The highest BCUT2D eigenvalue weighted by atomic mass is 16.3. The van der Waals surface area contributed by atoms with Crippen LogP contribution < -0.4 is 11.1 Å². The van der Waals surface area contributed by atoms with E-state index in [-0.39, 0.29) is 19.1 Å². The molecule has 4 N–H and O–H groups in total. The maximum Gasteiger partial charge on any atom is 0.238 e. The Labute approximate surface area is 127 Å². The zero-order chi connectivity index (χ0) is 15.8. The number of aliphatic hydroxyl groups excluding tert-OH is 1. The highest BCUT2D eigenvalue weighted by Crippen LogP contribution is 2.17. The number of carbonyl (C=O) groups excluding carboxylic acids is 1. The summed E-state index contributed by atoms with van der Waals surface area (Å²) in [5.74, 6) is -0.0846. The standard InChI is InChI=1S/C16H27N3O2/c1-4-14(5-2)19(8-9-20)11-16(21)18-13-7-6-12(3)15(17)10-13/h6-7,10,14,20H,4-5,8-9,11,17H2,1-3H3,(H,18,21). The summed E-state index contributed by atoms with van der Waals surface area (Å²) in [6, 6.07) is 5.81. The third-order valence-corrected chi connectivity index (χ3v) is 3.76. The Balaban J connectivity index is 2.66. The van der Waals surface area contributed by atoms with Gasteiger partial charge in [-0.05, 0) is 37.5 Å². The Kier molecular flexibility index (Phi) is 7.19. The Morgan fingerprint density at radius 3 is 2.57 bits per heavy atom. The van der Waals surface area contributed by atoms with Gasteiger partial charge in [0.2, 0.25) is 5.91 Å². The minimum absolute atomic E-state index is 0.0568. The minimum Gasteiger partial charge on any atom is -0.398 e. The summed E-state index contributed by atoms with van der Waals surface area (Å²) >= 11 is 0. The van der Waals surface area contributed by atoms with Gasteiger partial charge >= 0.3 is 0 Å². The van der Waals surface area contributed by atoms with E-state index in [0.29, 0.717) is 24.0 Å². The van der Waals surface area contributed by atoms with Gasteiger partial charge in [0.1, 0.15) is 0 Å². The number of amides is 1. The average molecular weight is 293 g/mol. The third-order valence-electron chi connectivity index (χ3n) is 3.76. The lowest BCUT2D eigenvalue weighted by molar-refractivity contribution is -0.118. The summed E-state index contributed by atoms with van der Waals surface area (Å²) in [5, 5.41) is 12.0. The fraction of sp³-hybridized carbons (Fsp3) is 0.562. The number of nitrogens with zero attached hydrogens (tertiary/aromatic N) is 1. The molecule has 118 valence electrons. The largest absolute Gasteiger partial charge is 0.398 e. The van der Waals surface area contributed by atoms with Crippen LogP contribution in [0, 0.1) is 6.92 Å². The van der Waals surface area contributed by atoms with Crippen molar-refractivity contribution in [2.24, 2.45) is 0 Å². The average Bonchev–Trinajstić information content (AvgIpc) is 2.44. The second-order valence-corrected chi connectivity index (χ2v) is 5.28. The second kappa shape index (κ2) is 8.64. The molecule has 0 saturated carbocycles. The van der Waals surface area contributed by atoms with Gasteiger partial charge in [-0.15, -0.1) is 0 Å². The molecule has 0 spiro atoms. The van der Waals surface area contributed by atoms with E-state index in [1.807, 2.05) is 24.0 Å². The smallest absolute Gasteiger partial charge is 0.238 e. The molecule has 0 aliphatic heterocycles. The molecule has 0 aliphatic rings. The summed E-state index contributed by atoms with van der Waals surface area (Å²) in [4.78, 5) is 14.2. The van der Waals surface area contributed by atoms with Crippen molar-refractivity contribution < 1.29 is 9.90 Å². The molecule has 0 radical (unpaired) electrons. The minimum atomic E-state index is -0.0846. The molecular formula is C16H27N3O2. The maximum atomic E-state index is 12.2. The van der Waals surface area contributed by atoms with Crippen molar-refractivity contribution in [3.8, 4) is 0 Å². The Hall–Kier alpha value is -1.59. The molecule has 0 aromatic heterocycles. The van der Waals surface area contributed by atoms with Gasteiger partial charge < -0.3 is 16.2 Å². The monoisotopic (exact) mass is 293 g/mol. The number of rotatable bonds is 8. The molecule has 0 atom stereocenters. The van der Waals surface area contributed by atoms with Crippen LogP contribution >= 0.6 is 0 Å². The lowest BCUT2D eigenvalue weighted by Gasteiger charge is -2.29. The van der Waals surface area contributed by atoms with Gasteiger partial charge in [0, 0.05) is 24.0 Å². The molecule has 0 aliphatic carbocycles. The van der Waals surface area contributed by atoms with Crippen molar-refractivity contribution >= 4 is 17.3 Å². The summed E-state index contributed by atoms with van der Waals surface area (Å²) in [6.45, 7) is 6.96. The van der Waals surface area contributed by atoms with Crippen molar-refractivity contribution in [1.29, 1.82) is 0 Å². The van der Waals surface area contributed by atoms with Crippen LogP contribution in [0.25, 0.3) is 0 Å². The van der Waals surface area contributed by atoms with Gasteiger partial charge in [0.15, 0.2) is 0 Å². The number of benzene rings is 1. The van der Waals surface area contributed by atoms with Crippen LogP contribution in [0.4, 0.5) is 11.4 Å². The highest BCUT2D eigenvalue weighted by molar-refractivity contribution is 5.92. The fourth-order valence-corrected chi connectivity index (χ4v) is 2.43. The Morgan fingerprint density at radius 2 is 2.05 bits per heavy atom. The van der Waals surface area contributed by atoms with Crippen LogP contribution in [-0.4, -0.2) is 41.7 Å². The van der Waals surface area contributed by atoms with Gasteiger partial charge in [0.25, 0.3) is 0 Å². The van der Waals surface area contributed by atoms with E-state index < -0.39 is 0 Å². The first-order chi connectivity index (χ1) is 10.0. The first-order valence-corrected chi connectivity index (χ1v) is 7.52. The lowest BCUT2D eigenvalue weighted by Crippen LogP contribution is -2.42. The van der Waals surface area contributed by atoms with Gasteiger partial charge in [-0.1, -0.05) is 19.9 Å². The number of nitrogens with one attached hydrogen (secondary N) is 1. The second-order valence-electron chi connectivity index (χ2n) is 5.28. The van der Waals surface area contributed by atoms with E-state index in [1.165, 1.54) is 0 Å². The van der Waals surface area contributed by atoms with Gasteiger partial charge in [-0.3, -0.25) is 9.69 Å². The van der Waals surface area contributed by atoms with E-state index in [9.17, 15) is 4.79 Å². The SMILES string of the molecule is CCC(CC)N(CCO)CC(=O)Nc1ccc(C)c(N)c1. The summed E-state index contributed by atoms with van der Waals surface area (Å²) in [5.41, 5.74) is 8.21. The van der Waals surface area contributed by atoms with Crippen LogP contribution in [0.3, 0.4) is 0 Å². The molecule has 0 heterocycles. The number of nitrogens with two attached hydrogens (primary N) is 1. The number of hydrogen-bond acceptors (Lipinski definition) is 4. The van der Waals surface area contributed by atoms with Crippen molar-refractivity contribution in [3.63, 3.8) is 0 Å². The molecule has 0 saturated heterocycles. The first-order valence-electron chi connectivity index (χ1n) is 7.52. The zero-order valence-electron chi connectivity index (χ0n) is 13.2. The summed E-state index contributed by atoms with van der Waals surface area (Å²) in [6.07, 6.45) is 1.92. The number of aliphatic hydroxyl groups is 1. The number of anilines is 2. The highest BCUT2D eigenvalue weighted by Gasteiger charge is 2.17. The first kappa shape index (κ1) is 17.5. The molecule has 0 bridgehead atoms. The van der Waals surface area contributed by atoms with Crippen LogP contribution in [0.2, 0.25) is 0 Å². The molecule has 1 aromatic rings. The number of carbonyl (C=O) groups is 1. The predicted molar refractivity (Wildman–Crippen MR) is 87.2 cm³/mol. The van der Waals surface area contributed by atoms with Crippen molar-refractivity contribution in [2.75, 3.05) is 30.7 Å². The summed E-state index contributed by atoms with van der Waals surface area (Å²) in [7, 11) is 0. The molecular weight excluding hydrogens is 266 g/mol. The fourth-order valence-electron chi connectivity index (χ4n) is 2.43. The van der Waals surface area contributed by atoms with E-state index in [4.69, 9.17) is 10.8 Å². The number of aryl methyl sites for hydroxylation is 1. The summed E-state index contributed by atoms with van der Waals surface area (Å²) < 4.78 is 0. The van der Waals surface area contributed by atoms with Gasteiger partial charge in [0.05, 0.1) is 13.2 Å². The van der Waals surface area contributed by atoms with Crippen LogP contribution in [0.15, 0.2) is 18.2 Å². The van der Waals surface area contributed by atoms with E-state index in [0.717, 1.165) is 18.4 Å². The zero-order valence-corrected chi connectivity index (χ0v) is 13.2. The molecule has 1 rings (SSSR count). The number of hydrogen-bond donors (Lipinski definition) is 3. The molecule has 0 fully saturated rings. The molecule has 5 nitrogen and oxygen atoms in total. The molecule has 0 unspecified atom stereocenters. The molecule has 5 heteroatoms. The van der Waals surface area contributed by atoms with E-state index in [2.05, 4.69) is 19.2 Å². The Morgan fingerprint density at radius 1 is 1.38 bits per heavy atom.